The molecular formula is C16H25N5O2S. The van der Waals surface area contributed by atoms with Gasteiger partial charge in [0.2, 0.25) is 10.0 Å². The number of rotatable bonds is 6. The Morgan fingerprint density at radius 2 is 2.17 bits per heavy atom. The maximum Gasteiger partial charge on any atom is 0.213 e. The fourth-order valence-electron chi connectivity index (χ4n) is 3.17. The summed E-state index contributed by atoms with van der Waals surface area (Å²) in [7, 11) is 0.934. The molecule has 1 atom stereocenters. The van der Waals surface area contributed by atoms with E-state index in [1.807, 2.05) is 30.9 Å². The highest BCUT2D eigenvalue weighted by atomic mass is 32.2. The third-order valence-corrected chi connectivity index (χ3v) is 6.44. The van der Waals surface area contributed by atoms with Crippen molar-refractivity contribution in [2.24, 2.45) is 0 Å². The Labute approximate surface area is 143 Å². The van der Waals surface area contributed by atoms with Gasteiger partial charge >= 0.3 is 0 Å². The number of hydrogen-bond acceptors (Lipinski definition) is 5. The van der Waals surface area contributed by atoms with Crippen LogP contribution in [0.25, 0.3) is 11.0 Å². The minimum absolute atomic E-state index is 0.138. The van der Waals surface area contributed by atoms with Gasteiger partial charge in [-0.1, -0.05) is 0 Å². The van der Waals surface area contributed by atoms with Crippen molar-refractivity contribution < 1.29 is 8.42 Å². The molecular weight excluding hydrogens is 326 g/mol. The van der Waals surface area contributed by atoms with Gasteiger partial charge in [-0.2, -0.15) is 5.10 Å². The van der Waals surface area contributed by atoms with Crippen LogP contribution in [0.1, 0.15) is 25.0 Å². The normalized spacial score (nSPS) is 19.6. The lowest BCUT2D eigenvalue weighted by Gasteiger charge is -2.14. The Balaban J connectivity index is 1.90. The number of nitrogens with zero attached hydrogens (tertiary/aromatic N) is 5. The molecule has 3 rings (SSSR count). The first kappa shape index (κ1) is 17.3. The summed E-state index contributed by atoms with van der Waals surface area (Å²) in [6, 6.07) is 3.95. The van der Waals surface area contributed by atoms with E-state index in [-0.39, 0.29) is 11.7 Å². The Hall–Kier alpha value is -1.51. The maximum absolute atomic E-state index is 12.1. The zero-order valence-electron chi connectivity index (χ0n) is 14.5. The quantitative estimate of drug-likeness (QED) is 0.780. The molecule has 0 aromatic carbocycles. The Morgan fingerprint density at radius 3 is 2.88 bits per heavy atom. The second-order valence-electron chi connectivity index (χ2n) is 6.53. The first-order chi connectivity index (χ1) is 11.4. The molecule has 132 valence electrons. The first-order valence-corrected chi connectivity index (χ1v) is 9.97. The lowest BCUT2D eigenvalue weighted by molar-refractivity contribution is 0.375. The summed E-state index contributed by atoms with van der Waals surface area (Å²) < 4.78 is 27.8. The summed E-state index contributed by atoms with van der Waals surface area (Å²) in [5, 5.41) is 5.83. The van der Waals surface area contributed by atoms with Crippen LogP contribution < -0.4 is 0 Å². The summed E-state index contributed by atoms with van der Waals surface area (Å²) >= 11 is 0. The van der Waals surface area contributed by atoms with E-state index in [9.17, 15) is 8.42 Å². The van der Waals surface area contributed by atoms with Gasteiger partial charge in [0.25, 0.3) is 0 Å². The molecule has 8 heteroatoms. The highest BCUT2D eigenvalue weighted by Crippen LogP contribution is 2.32. The highest BCUT2D eigenvalue weighted by Gasteiger charge is 2.33. The fourth-order valence-corrected chi connectivity index (χ4v) is 4.33. The van der Waals surface area contributed by atoms with Crippen molar-refractivity contribution in [3.63, 3.8) is 0 Å². The van der Waals surface area contributed by atoms with E-state index in [0.717, 1.165) is 36.2 Å². The van der Waals surface area contributed by atoms with Crippen molar-refractivity contribution in [1.29, 1.82) is 0 Å². The van der Waals surface area contributed by atoms with E-state index in [0.29, 0.717) is 13.1 Å². The van der Waals surface area contributed by atoms with E-state index in [1.54, 1.807) is 17.4 Å². The molecule has 2 aromatic rings. The molecule has 0 N–H and O–H groups in total. The smallest absolute Gasteiger partial charge is 0.213 e. The second kappa shape index (κ2) is 6.78. The van der Waals surface area contributed by atoms with Gasteiger partial charge in [-0.25, -0.2) is 22.4 Å². The van der Waals surface area contributed by atoms with Crippen molar-refractivity contribution in [3.8, 4) is 0 Å². The van der Waals surface area contributed by atoms with Crippen molar-refractivity contribution in [2.45, 2.75) is 25.8 Å². The zero-order valence-corrected chi connectivity index (χ0v) is 15.3. The number of sulfonamides is 1. The van der Waals surface area contributed by atoms with Crippen molar-refractivity contribution >= 4 is 21.1 Å². The van der Waals surface area contributed by atoms with Crippen molar-refractivity contribution in [2.75, 3.05) is 39.5 Å². The van der Waals surface area contributed by atoms with E-state index < -0.39 is 10.0 Å². The molecule has 1 saturated heterocycles. The van der Waals surface area contributed by atoms with E-state index in [4.69, 9.17) is 5.10 Å². The van der Waals surface area contributed by atoms with Crippen LogP contribution in [0.5, 0.6) is 0 Å². The standard InChI is InChI=1S/C16H25N5O2S/c1-4-24(22,23)20-9-7-13(12-20)15-14-6-5-8-17-16(14)21(18-15)11-10-19(2)3/h5-6,8,13H,4,7,9-12H2,1-3H3. The van der Waals surface area contributed by atoms with E-state index in [1.165, 1.54) is 0 Å². The molecule has 1 unspecified atom stereocenters. The highest BCUT2D eigenvalue weighted by molar-refractivity contribution is 7.89. The first-order valence-electron chi connectivity index (χ1n) is 8.36. The van der Waals surface area contributed by atoms with Crippen LogP contribution in [0, 0.1) is 0 Å². The molecule has 0 amide bonds. The van der Waals surface area contributed by atoms with Gasteiger partial charge in [0.1, 0.15) is 0 Å². The number of likely N-dealkylation sites (N-methyl/N-ethyl adjacent to an activating group) is 1. The molecule has 2 aromatic heterocycles. The molecule has 24 heavy (non-hydrogen) atoms. The predicted octanol–water partition coefficient (Wildman–Crippen LogP) is 1.13. The predicted molar refractivity (Wildman–Crippen MR) is 94.5 cm³/mol. The summed E-state index contributed by atoms with van der Waals surface area (Å²) in [5.41, 5.74) is 1.86. The van der Waals surface area contributed by atoms with Crippen LogP contribution in [0.15, 0.2) is 18.3 Å². The van der Waals surface area contributed by atoms with Crippen molar-refractivity contribution in [3.05, 3.63) is 24.0 Å². The fraction of sp³-hybridized carbons (Fsp3) is 0.625. The molecule has 0 bridgehead atoms. The van der Waals surface area contributed by atoms with Gasteiger partial charge in [0, 0.05) is 37.1 Å². The monoisotopic (exact) mass is 351 g/mol. The lowest BCUT2D eigenvalue weighted by atomic mass is 10.0. The average molecular weight is 351 g/mol. The van der Waals surface area contributed by atoms with Crippen LogP contribution in [0.3, 0.4) is 0 Å². The maximum atomic E-state index is 12.1. The van der Waals surface area contributed by atoms with Gasteiger partial charge in [-0.05, 0) is 39.6 Å². The Bertz CT molecular complexity index is 815. The van der Waals surface area contributed by atoms with Gasteiger partial charge in [0.05, 0.1) is 18.0 Å². The van der Waals surface area contributed by atoms with E-state index >= 15 is 0 Å². The number of aromatic nitrogens is 3. The van der Waals surface area contributed by atoms with Gasteiger partial charge < -0.3 is 4.90 Å². The van der Waals surface area contributed by atoms with Crippen molar-refractivity contribution in [1.82, 2.24) is 24.0 Å². The van der Waals surface area contributed by atoms with Crippen LogP contribution in [-0.4, -0.2) is 71.9 Å². The van der Waals surface area contributed by atoms with Crippen LogP contribution >= 0.6 is 0 Å². The average Bonchev–Trinajstić information content (AvgIpc) is 3.18. The molecule has 1 aliphatic heterocycles. The molecule has 0 radical (unpaired) electrons. The number of fused-ring (bicyclic) bond motifs is 1. The van der Waals surface area contributed by atoms with Gasteiger partial charge in [0.15, 0.2) is 5.65 Å². The van der Waals surface area contributed by atoms with E-state index in [2.05, 4.69) is 9.88 Å². The van der Waals surface area contributed by atoms with Crippen LogP contribution in [-0.2, 0) is 16.6 Å². The number of hydrogen-bond donors (Lipinski definition) is 0. The summed E-state index contributed by atoms with van der Waals surface area (Å²) in [5.74, 6) is 0.290. The SMILES string of the molecule is CCS(=O)(=O)N1CCC(c2nn(CCN(C)C)c3ncccc23)C1. The third kappa shape index (κ3) is 3.31. The largest absolute Gasteiger partial charge is 0.308 e. The molecule has 7 nitrogen and oxygen atoms in total. The summed E-state index contributed by atoms with van der Waals surface area (Å²) in [4.78, 5) is 6.60. The third-order valence-electron chi connectivity index (χ3n) is 4.59. The minimum Gasteiger partial charge on any atom is -0.308 e. The van der Waals surface area contributed by atoms with Crippen LogP contribution in [0.2, 0.25) is 0 Å². The summed E-state index contributed by atoms with van der Waals surface area (Å²) in [6.07, 6.45) is 2.59. The molecule has 1 aliphatic rings. The minimum atomic E-state index is -3.13. The topological polar surface area (TPSA) is 71.3 Å². The zero-order chi connectivity index (χ0) is 17.3. The molecule has 1 fully saturated rings. The number of pyridine rings is 1. The molecule has 0 spiro atoms. The van der Waals surface area contributed by atoms with Gasteiger partial charge in [-0.3, -0.25) is 0 Å². The molecule has 0 aliphatic carbocycles. The Morgan fingerprint density at radius 1 is 1.38 bits per heavy atom. The lowest BCUT2D eigenvalue weighted by Crippen LogP contribution is -2.30. The molecule has 3 heterocycles. The Kier molecular flexibility index (Phi) is 4.89. The molecule has 0 saturated carbocycles. The second-order valence-corrected chi connectivity index (χ2v) is 8.79. The summed E-state index contributed by atoms with van der Waals surface area (Å²) in [6.45, 7) is 4.44. The van der Waals surface area contributed by atoms with Crippen LogP contribution in [0.4, 0.5) is 0 Å². The van der Waals surface area contributed by atoms with Gasteiger partial charge in [-0.15, -0.1) is 0 Å².